The minimum atomic E-state index is -4.34. The first-order chi connectivity index (χ1) is 4.48. The van der Waals surface area contributed by atoms with Crippen LogP contribution in [0.15, 0.2) is 0 Å². The summed E-state index contributed by atoms with van der Waals surface area (Å²) in [5.41, 5.74) is 0. The van der Waals surface area contributed by atoms with Crippen molar-refractivity contribution in [1.82, 2.24) is 0 Å². The molecule has 0 heterocycles. The molecule has 0 spiro atoms. The van der Waals surface area contributed by atoms with E-state index in [0.29, 0.717) is 0 Å². The topological polar surface area (TPSA) is 89.9 Å². The molecule has 1 N–H and O–H groups in total. The average molecular weight is 190 g/mol. The Bertz CT molecular complexity index is 200. The van der Waals surface area contributed by atoms with Crippen LogP contribution in [0, 0.1) is 0 Å². The molecule has 0 saturated carbocycles. The van der Waals surface area contributed by atoms with Crippen molar-refractivity contribution in [3.8, 4) is 0 Å². The molecule has 6 nitrogen and oxygen atoms in total. The second-order valence-corrected chi connectivity index (χ2v) is 3.49. The van der Waals surface area contributed by atoms with Crippen molar-refractivity contribution in [1.29, 1.82) is 0 Å². The van der Waals surface area contributed by atoms with E-state index in [1.54, 1.807) is 0 Å². The monoisotopic (exact) mass is 190 g/mol. The Hall–Kier alpha value is 0.0600. The third-order valence-corrected chi connectivity index (χ3v) is 2.41. The highest BCUT2D eigenvalue weighted by Crippen LogP contribution is 2.42. The van der Waals surface area contributed by atoms with Gasteiger partial charge in [-0.3, -0.25) is 4.52 Å². The van der Waals surface area contributed by atoms with Gasteiger partial charge in [0, 0.05) is 0 Å². The molecule has 10 heavy (non-hydrogen) atoms. The van der Waals surface area contributed by atoms with Crippen LogP contribution < -0.4 is 0 Å². The summed E-state index contributed by atoms with van der Waals surface area (Å²) in [5.74, 6) is 0. The van der Waals surface area contributed by atoms with Crippen LogP contribution in [0.25, 0.3) is 0 Å². The first kappa shape index (κ1) is 10.1. The number of rotatable bonds is 4. The zero-order chi connectivity index (χ0) is 8.20. The predicted molar refractivity (Wildman–Crippen MR) is 32.9 cm³/mol. The maximum atomic E-state index is 10.4. The quantitative estimate of drug-likeness (QED) is 0.465. The van der Waals surface area contributed by atoms with Gasteiger partial charge in [0.25, 0.3) is 11.0 Å². The predicted octanol–water partition coefficient (Wildman–Crippen LogP) is -0.334. The van der Waals surface area contributed by atoms with Gasteiger partial charge >= 0.3 is 7.82 Å². The average Bonchev–Trinajstić information content (AvgIpc) is 1.59. The fourth-order valence-corrected chi connectivity index (χ4v) is 1.46. The van der Waals surface area contributed by atoms with Gasteiger partial charge in [0.05, 0.1) is 6.61 Å². The Balaban J connectivity index is 4.00. The van der Waals surface area contributed by atoms with Crippen LogP contribution in [-0.2, 0) is 24.0 Å². The van der Waals surface area contributed by atoms with Crippen molar-refractivity contribution in [2.45, 2.75) is 6.92 Å². The standard InChI is InChI=1S/C2H7O6PS/c1-2-7-9(3,4)8-10(5)6/h10H,2H2,1H3,(H,3,4). The molecule has 0 aliphatic heterocycles. The second kappa shape index (κ2) is 4.05. The summed E-state index contributed by atoms with van der Waals surface area (Å²) in [6, 6.07) is 0. The van der Waals surface area contributed by atoms with E-state index in [1.165, 1.54) is 6.92 Å². The number of phosphoric acid groups is 1. The molecular formula is C2H7O6PS. The fraction of sp³-hybridized carbons (Fsp3) is 1.00. The van der Waals surface area contributed by atoms with Crippen molar-refractivity contribution in [3.63, 3.8) is 0 Å². The van der Waals surface area contributed by atoms with Gasteiger partial charge in [-0.2, -0.15) is 3.97 Å². The summed E-state index contributed by atoms with van der Waals surface area (Å²) in [7, 11) is -7.68. The molecule has 0 amide bonds. The van der Waals surface area contributed by atoms with Crippen molar-refractivity contribution in [3.05, 3.63) is 0 Å². The van der Waals surface area contributed by atoms with Gasteiger partial charge in [-0.15, -0.1) is 0 Å². The molecule has 1 unspecified atom stereocenters. The molecule has 0 rings (SSSR count). The molecule has 0 fully saturated rings. The molecular weight excluding hydrogens is 183 g/mol. The summed E-state index contributed by atoms with van der Waals surface area (Å²) in [6.45, 7) is 1.35. The Kier molecular flexibility index (Phi) is 4.07. The van der Waals surface area contributed by atoms with Crippen LogP contribution >= 0.6 is 7.82 Å². The van der Waals surface area contributed by atoms with E-state index in [2.05, 4.69) is 8.49 Å². The van der Waals surface area contributed by atoms with E-state index in [1.807, 2.05) is 0 Å². The van der Waals surface area contributed by atoms with E-state index >= 15 is 0 Å². The van der Waals surface area contributed by atoms with E-state index < -0.39 is 18.8 Å². The second-order valence-electron chi connectivity index (χ2n) is 1.19. The third-order valence-electron chi connectivity index (χ3n) is 0.462. The van der Waals surface area contributed by atoms with E-state index in [0.717, 1.165) is 0 Å². The van der Waals surface area contributed by atoms with Gasteiger partial charge in [-0.1, -0.05) is 0 Å². The number of hydrogen-bond donors (Lipinski definition) is 2. The Morgan fingerprint density at radius 2 is 2.10 bits per heavy atom. The van der Waals surface area contributed by atoms with Crippen LogP contribution in [0.2, 0.25) is 0 Å². The molecule has 62 valence electrons. The van der Waals surface area contributed by atoms with Gasteiger partial charge in [-0.25, -0.2) is 13.0 Å². The van der Waals surface area contributed by atoms with Crippen molar-refractivity contribution >= 4 is 18.8 Å². The minimum absolute atomic E-state index is 0.0864. The molecule has 0 aromatic rings. The largest absolute Gasteiger partial charge is 0.486 e. The van der Waals surface area contributed by atoms with Gasteiger partial charge in [0.2, 0.25) is 0 Å². The molecule has 0 aromatic carbocycles. The Morgan fingerprint density at radius 1 is 1.60 bits per heavy atom. The van der Waals surface area contributed by atoms with Gasteiger partial charge in [-0.05, 0) is 6.92 Å². The van der Waals surface area contributed by atoms with Crippen molar-refractivity contribution in [2.24, 2.45) is 0 Å². The summed E-state index contributed by atoms with van der Waals surface area (Å²) in [4.78, 5) is 8.41. The summed E-state index contributed by atoms with van der Waals surface area (Å²) >= 11 is 0. The lowest BCUT2D eigenvalue weighted by atomic mass is 10.9. The normalized spacial score (nSPS) is 17.1. The molecule has 8 heteroatoms. The number of phosphoric ester groups is 1. The van der Waals surface area contributed by atoms with E-state index in [4.69, 9.17) is 4.89 Å². The van der Waals surface area contributed by atoms with Crippen molar-refractivity contribution < 1.29 is 26.4 Å². The highest BCUT2D eigenvalue weighted by atomic mass is 32.2. The SMILES string of the molecule is CCOP(=O)(O)O[SH](=O)=O. The highest BCUT2D eigenvalue weighted by molar-refractivity contribution is 7.74. The molecule has 0 aromatic heterocycles. The summed E-state index contributed by atoms with van der Waals surface area (Å²) in [5, 5.41) is 0. The maximum Gasteiger partial charge on any atom is 0.486 e. The van der Waals surface area contributed by atoms with Crippen LogP contribution in [0.1, 0.15) is 6.92 Å². The zero-order valence-electron chi connectivity index (χ0n) is 5.09. The molecule has 1 atom stereocenters. The lowest BCUT2D eigenvalue weighted by Crippen LogP contribution is -1.92. The number of thiol groups is 1. The maximum absolute atomic E-state index is 10.4. The third kappa shape index (κ3) is 4.89. The lowest BCUT2D eigenvalue weighted by Gasteiger charge is -2.03. The molecule has 0 saturated heterocycles. The Labute approximate surface area is 59.5 Å². The first-order valence-corrected chi connectivity index (χ1v) is 4.88. The zero-order valence-corrected chi connectivity index (χ0v) is 6.88. The van der Waals surface area contributed by atoms with Crippen LogP contribution in [-0.4, -0.2) is 19.9 Å². The minimum Gasteiger partial charge on any atom is -0.302 e. The van der Waals surface area contributed by atoms with Crippen LogP contribution in [0.5, 0.6) is 0 Å². The first-order valence-electron chi connectivity index (χ1n) is 2.29. The van der Waals surface area contributed by atoms with Gasteiger partial charge in [0.15, 0.2) is 0 Å². The van der Waals surface area contributed by atoms with Crippen LogP contribution in [0.3, 0.4) is 0 Å². The number of hydrogen-bond acceptors (Lipinski definition) is 5. The summed E-state index contributed by atoms with van der Waals surface area (Å²) in [6.07, 6.45) is 0. The van der Waals surface area contributed by atoms with E-state index in [9.17, 15) is 13.0 Å². The Morgan fingerprint density at radius 3 is 2.40 bits per heavy atom. The molecule has 0 aliphatic carbocycles. The van der Waals surface area contributed by atoms with Crippen molar-refractivity contribution in [2.75, 3.05) is 6.61 Å². The van der Waals surface area contributed by atoms with Gasteiger partial charge in [0.1, 0.15) is 0 Å². The molecule has 0 aliphatic rings. The lowest BCUT2D eigenvalue weighted by molar-refractivity contribution is 0.218. The molecule has 0 bridgehead atoms. The van der Waals surface area contributed by atoms with Gasteiger partial charge < -0.3 is 4.89 Å². The molecule has 0 radical (unpaired) electrons. The highest BCUT2D eigenvalue weighted by Gasteiger charge is 2.21. The fourth-order valence-electron chi connectivity index (χ4n) is 0.271. The van der Waals surface area contributed by atoms with E-state index in [-0.39, 0.29) is 6.61 Å². The van der Waals surface area contributed by atoms with Crippen LogP contribution in [0.4, 0.5) is 0 Å². The smallest absolute Gasteiger partial charge is 0.302 e. The summed E-state index contributed by atoms with van der Waals surface area (Å²) < 4.78 is 37.3.